The molecule has 2 saturated heterocycles. The van der Waals surface area contributed by atoms with Gasteiger partial charge in [-0.3, -0.25) is 19.7 Å². The number of anilines is 1. The molecule has 0 spiro atoms. The van der Waals surface area contributed by atoms with Crippen LogP contribution in [0, 0.1) is 0 Å². The monoisotopic (exact) mass is 672 g/mol. The Labute approximate surface area is 291 Å². The second-order valence-electron chi connectivity index (χ2n) is 12.9. The van der Waals surface area contributed by atoms with E-state index in [-0.39, 0.29) is 18.0 Å². The lowest BCUT2D eigenvalue weighted by atomic mass is 9.85. The molecule has 11 nitrogen and oxygen atoms in total. The second-order valence-corrected chi connectivity index (χ2v) is 12.9. The summed E-state index contributed by atoms with van der Waals surface area (Å²) in [6, 6.07) is 19.3. The highest BCUT2D eigenvalue weighted by molar-refractivity contribution is 5.95. The summed E-state index contributed by atoms with van der Waals surface area (Å²) in [6.45, 7) is 7.03. The number of ketones is 1. The van der Waals surface area contributed by atoms with Crippen molar-refractivity contribution in [3.8, 4) is 34.3 Å². The zero-order valence-corrected chi connectivity index (χ0v) is 28.2. The number of fused-ring (bicyclic) bond motifs is 3. The summed E-state index contributed by atoms with van der Waals surface area (Å²) >= 11 is 0. The number of ether oxygens (including phenoxy) is 4. The molecule has 2 bridgehead atoms. The molecule has 0 amide bonds. The van der Waals surface area contributed by atoms with Crippen molar-refractivity contribution in [1.29, 1.82) is 0 Å². The Balaban J connectivity index is 0.958. The fraction of sp³-hybridized carbons (Fsp3) is 0.359. The van der Waals surface area contributed by atoms with E-state index < -0.39 is 0 Å². The molecule has 50 heavy (non-hydrogen) atoms. The number of piperidine rings is 1. The zero-order valence-electron chi connectivity index (χ0n) is 28.2. The Bertz CT molecular complexity index is 1980. The highest BCUT2D eigenvalue weighted by Crippen LogP contribution is 2.45. The molecule has 4 aliphatic heterocycles. The first-order valence-electron chi connectivity index (χ1n) is 17.4. The predicted molar refractivity (Wildman–Crippen MR) is 190 cm³/mol. The third kappa shape index (κ3) is 6.71. The number of carbonyl (C=O) groups is 1. The maximum Gasteiger partial charge on any atom is 0.205 e. The lowest BCUT2D eigenvalue weighted by Gasteiger charge is -2.42. The summed E-state index contributed by atoms with van der Waals surface area (Å²) in [5.74, 6) is 2.85. The summed E-state index contributed by atoms with van der Waals surface area (Å²) < 4.78 is 23.5. The number of morpholine rings is 1. The van der Waals surface area contributed by atoms with Gasteiger partial charge in [0.25, 0.3) is 0 Å². The highest BCUT2D eigenvalue weighted by atomic mass is 16.5. The van der Waals surface area contributed by atoms with Crippen LogP contribution in [0.5, 0.6) is 23.0 Å². The number of rotatable bonds is 12. The summed E-state index contributed by atoms with van der Waals surface area (Å²) in [7, 11) is 1.63. The number of hydrogen-bond acceptors (Lipinski definition) is 11. The fourth-order valence-electron chi connectivity index (χ4n) is 7.10. The van der Waals surface area contributed by atoms with Gasteiger partial charge in [0.05, 0.1) is 62.1 Å². The molecule has 3 aromatic heterocycles. The van der Waals surface area contributed by atoms with Crippen LogP contribution in [-0.4, -0.2) is 90.3 Å². The normalized spacial score (nSPS) is 16.0. The van der Waals surface area contributed by atoms with Gasteiger partial charge in [-0.15, -0.1) is 0 Å². The maximum atomic E-state index is 13.6. The van der Waals surface area contributed by atoms with Crippen LogP contribution in [0.15, 0.2) is 73.1 Å². The Kier molecular flexibility index (Phi) is 9.23. The van der Waals surface area contributed by atoms with Crippen LogP contribution in [-0.2, 0) is 11.2 Å². The van der Waals surface area contributed by atoms with Gasteiger partial charge in [-0.05, 0) is 43.5 Å². The third-order valence-electron chi connectivity index (χ3n) is 9.74. The molecule has 9 rings (SSSR count). The van der Waals surface area contributed by atoms with Gasteiger partial charge in [0.2, 0.25) is 5.78 Å². The van der Waals surface area contributed by atoms with Gasteiger partial charge in [-0.2, -0.15) is 0 Å². The summed E-state index contributed by atoms with van der Waals surface area (Å²) in [6.07, 6.45) is 6.44. The first kappa shape index (κ1) is 32.1. The van der Waals surface area contributed by atoms with Crippen molar-refractivity contribution in [2.24, 2.45) is 0 Å². The molecule has 7 heterocycles. The van der Waals surface area contributed by atoms with E-state index in [1.807, 2.05) is 60.7 Å². The quantitative estimate of drug-likeness (QED) is 0.113. The van der Waals surface area contributed by atoms with Crippen molar-refractivity contribution in [3.05, 3.63) is 90.3 Å². The molecule has 0 unspecified atom stereocenters. The molecule has 0 aliphatic carbocycles. The first-order chi connectivity index (χ1) is 24.6. The molecule has 256 valence electrons. The lowest BCUT2D eigenvalue weighted by Crippen LogP contribution is -2.40. The number of methoxy groups -OCH3 is 1. The fourth-order valence-corrected chi connectivity index (χ4v) is 7.10. The largest absolute Gasteiger partial charge is 0.493 e. The van der Waals surface area contributed by atoms with Crippen molar-refractivity contribution < 1.29 is 23.7 Å². The molecule has 5 aromatic rings. The van der Waals surface area contributed by atoms with Crippen molar-refractivity contribution in [1.82, 2.24) is 24.8 Å². The van der Waals surface area contributed by atoms with Gasteiger partial charge in [0.1, 0.15) is 11.5 Å². The minimum absolute atomic E-state index is 0.0896. The number of nitrogens with zero attached hydrogens (tertiary/aromatic N) is 6. The summed E-state index contributed by atoms with van der Waals surface area (Å²) in [4.78, 5) is 37.2. The Morgan fingerprint density at radius 3 is 2.54 bits per heavy atom. The average Bonchev–Trinajstić information content (AvgIpc) is 3.18. The Morgan fingerprint density at radius 2 is 1.76 bits per heavy atom. The maximum absolute atomic E-state index is 13.6. The van der Waals surface area contributed by atoms with E-state index >= 15 is 0 Å². The average molecular weight is 673 g/mol. The number of carbonyl (C=O) groups excluding carboxylic acids is 1. The molecule has 2 aromatic carbocycles. The van der Waals surface area contributed by atoms with Crippen molar-refractivity contribution in [2.75, 3.05) is 64.6 Å². The van der Waals surface area contributed by atoms with Gasteiger partial charge >= 0.3 is 0 Å². The zero-order chi connectivity index (χ0) is 33.9. The van der Waals surface area contributed by atoms with Crippen LogP contribution in [0.4, 0.5) is 5.69 Å². The van der Waals surface area contributed by atoms with Gasteiger partial charge in [0.15, 0.2) is 17.3 Å². The van der Waals surface area contributed by atoms with Crippen molar-refractivity contribution in [2.45, 2.75) is 31.6 Å². The first-order valence-corrected chi connectivity index (χ1v) is 17.4. The molecule has 11 heteroatoms. The molecular weight excluding hydrogens is 632 g/mol. The highest BCUT2D eigenvalue weighted by Gasteiger charge is 2.36. The van der Waals surface area contributed by atoms with E-state index in [2.05, 4.69) is 19.8 Å². The smallest absolute Gasteiger partial charge is 0.205 e. The number of Topliss-reactive ketones (excluding diaryl/α,β-unsaturated/α-hetero) is 1. The lowest BCUT2D eigenvalue weighted by molar-refractivity contribution is 0.0357. The molecule has 2 fully saturated rings. The summed E-state index contributed by atoms with van der Waals surface area (Å²) in [5, 5.41) is 0.785. The second kappa shape index (κ2) is 14.4. The van der Waals surface area contributed by atoms with Crippen LogP contribution in [0.1, 0.15) is 47.2 Å². The molecule has 0 N–H and O–H groups in total. The van der Waals surface area contributed by atoms with E-state index in [0.717, 1.165) is 98.7 Å². The molecule has 4 aliphatic rings. The van der Waals surface area contributed by atoms with Gasteiger partial charge in [0, 0.05) is 67.5 Å². The van der Waals surface area contributed by atoms with Crippen molar-refractivity contribution >= 4 is 22.4 Å². The molecule has 0 atom stereocenters. The standard InChI is InChI=1S/C39H40N6O5/c1-47-34-23-30-31(24-35(34)49-19-5-14-44-17-20-48-21-18-44)40-13-10-33(30)50-29-9-8-28(41-25-29)22-32(46)39-42-36(26-6-3-2-4-7-26)38-37(43-39)27-11-15-45(38)16-12-27/h2-4,6-10,13,23-25,27H,5,11-12,14-22H2,1H3. The SMILES string of the molecule is COc1cc2c(Oc3ccc(CC(=O)c4nc(-c5ccccc5)c5c(n4)C4CCN5CC4)nc3)ccnc2cc1OCCCN1CCOCC1. The minimum atomic E-state index is -0.158. The third-order valence-corrected chi connectivity index (χ3v) is 9.74. The van der Waals surface area contributed by atoms with Crippen LogP contribution in [0.3, 0.4) is 0 Å². The van der Waals surface area contributed by atoms with E-state index in [9.17, 15) is 4.79 Å². The van der Waals surface area contributed by atoms with Crippen LogP contribution in [0.25, 0.3) is 22.2 Å². The van der Waals surface area contributed by atoms with Crippen LogP contribution in [0.2, 0.25) is 0 Å². The van der Waals surface area contributed by atoms with E-state index in [0.29, 0.717) is 41.2 Å². The van der Waals surface area contributed by atoms with Gasteiger partial charge in [-0.1, -0.05) is 30.3 Å². The predicted octanol–water partition coefficient (Wildman–Crippen LogP) is 6.11. The van der Waals surface area contributed by atoms with E-state index in [1.54, 1.807) is 19.5 Å². The Morgan fingerprint density at radius 1 is 0.920 bits per heavy atom. The van der Waals surface area contributed by atoms with E-state index in [4.69, 9.17) is 28.9 Å². The molecule has 0 radical (unpaired) electrons. The van der Waals surface area contributed by atoms with Crippen LogP contribution < -0.4 is 19.1 Å². The minimum Gasteiger partial charge on any atom is -0.493 e. The summed E-state index contributed by atoms with van der Waals surface area (Å²) in [5.41, 5.74) is 5.26. The van der Waals surface area contributed by atoms with Gasteiger partial charge in [-0.25, -0.2) is 9.97 Å². The number of hydrogen-bond donors (Lipinski definition) is 0. The Hall–Kier alpha value is -5.13. The molecular formula is C39H40N6O5. The van der Waals surface area contributed by atoms with Gasteiger partial charge < -0.3 is 23.8 Å². The number of aromatic nitrogens is 4. The van der Waals surface area contributed by atoms with E-state index in [1.165, 1.54) is 0 Å². The topological polar surface area (TPSA) is 112 Å². The number of benzene rings is 2. The van der Waals surface area contributed by atoms with Crippen molar-refractivity contribution in [3.63, 3.8) is 0 Å². The molecule has 0 saturated carbocycles. The number of pyridine rings is 2. The van der Waals surface area contributed by atoms with Crippen LogP contribution >= 0.6 is 0 Å².